The minimum absolute atomic E-state index is 0.849. The Balaban J connectivity index is 1.44. The summed E-state index contributed by atoms with van der Waals surface area (Å²) in [6.45, 7) is 9.51. The van der Waals surface area contributed by atoms with Crippen LogP contribution in [0.3, 0.4) is 0 Å². The first-order valence-electron chi connectivity index (χ1n) is 7.45. The summed E-state index contributed by atoms with van der Waals surface area (Å²) in [5.74, 6) is 0.849. The second kappa shape index (κ2) is 6.46. The van der Waals surface area contributed by atoms with Crippen molar-refractivity contribution in [2.24, 2.45) is 5.92 Å². The summed E-state index contributed by atoms with van der Waals surface area (Å²) in [4.78, 5) is 9.59. The molecule has 3 heterocycles. The molecular formula is C15H24N4. The molecule has 2 aliphatic heterocycles. The Hall–Kier alpha value is -0.970. The van der Waals surface area contributed by atoms with E-state index in [1.54, 1.807) is 0 Å². The topological polar surface area (TPSA) is 31.4 Å². The van der Waals surface area contributed by atoms with Crippen LogP contribution in [0.25, 0.3) is 0 Å². The van der Waals surface area contributed by atoms with E-state index in [1.165, 1.54) is 44.8 Å². The minimum Gasteiger partial charge on any atom is -0.314 e. The number of nitrogens with zero attached hydrogens (tertiary/aromatic N) is 3. The highest BCUT2D eigenvalue weighted by atomic mass is 15.2. The predicted molar refractivity (Wildman–Crippen MR) is 76.9 cm³/mol. The van der Waals surface area contributed by atoms with Crippen LogP contribution >= 0.6 is 0 Å². The third-order valence-corrected chi connectivity index (χ3v) is 4.21. The monoisotopic (exact) mass is 260 g/mol. The van der Waals surface area contributed by atoms with Crippen LogP contribution < -0.4 is 5.32 Å². The lowest BCUT2D eigenvalue weighted by atomic mass is 10.1. The van der Waals surface area contributed by atoms with Crippen molar-refractivity contribution in [3.8, 4) is 0 Å². The normalized spacial score (nSPS) is 25.8. The third kappa shape index (κ3) is 3.75. The van der Waals surface area contributed by atoms with Crippen LogP contribution in [0.5, 0.6) is 0 Å². The Kier molecular flexibility index (Phi) is 4.43. The molecular weight excluding hydrogens is 236 g/mol. The zero-order chi connectivity index (χ0) is 12.9. The number of hydrogen-bond acceptors (Lipinski definition) is 4. The average molecular weight is 260 g/mol. The third-order valence-electron chi connectivity index (χ3n) is 4.21. The SMILES string of the molecule is c1ccc(CN2CCC(CN3CCNCC3)C2)nc1. The molecule has 1 N–H and O–H groups in total. The maximum atomic E-state index is 4.42. The summed E-state index contributed by atoms with van der Waals surface area (Å²) in [6, 6.07) is 6.20. The van der Waals surface area contributed by atoms with E-state index < -0.39 is 0 Å². The van der Waals surface area contributed by atoms with Crippen LogP contribution in [0.1, 0.15) is 12.1 Å². The maximum absolute atomic E-state index is 4.42. The summed E-state index contributed by atoms with van der Waals surface area (Å²) in [5, 5.41) is 3.42. The molecule has 2 fully saturated rings. The number of rotatable bonds is 4. The van der Waals surface area contributed by atoms with E-state index >= 15 is 0 Å². The molecule has 4 nitrogen and oxygen atoms in total. The molecule has 0 aromatic carbocycles. The van der Waals surface area contributed by atoms with Crippen molar-refractivity contribution < 1.29 is 0 Å². The van der Waals surface area contributed by atoms with Crippen molar-refractivity contribution in [3.63, 3.8) is 0 Å². The zero-order valence-electron chi connectivity index (χ0n) is 11.6. The van der Waals surface area contributed by atoms with E-state index in [1.807, 2.05) is 12.3 Å². The Morgan fingerprint density at radius 1 is 1.16 bits per heavy atom. The number of hydrogen-bond donors (Lipinski definition) is 1. The highest BCUT2D eigenvalue weighted by molar-refractivity contribution is 5.03. The predicted octanol–water partition coefficient (Wildman–Crippen LogP) is 0.809. The first-order chi connectivity index (χ1) is 9.40. The van der Waals surface area contributed by atoms with Gasteiger partial charge in [-0.2, -0.15) is 0 Å². The van der Waals surface area contributed by atoms with Crippen molar-refractivity contribution in [3.05, 3.63) is 30.1 Å². The van der Waals surface area contributed by atoms with Gasteiger partial charge in [0.05, 0.1) is 5.69 Å². The summed E-state index contributed by atoms with van der Waals surface area (Å²) in [6.07, 6.45) is 3.24. The van der Waals surface area contributed by atoms with E-state index in [-0.39, 0.29) is 0 Å². The van der Waals surface area contributed by atoms with Crippen LogP contribution in [0, 0.1) is 5.92 Å². The molecule has 0 bridgehead atoms. The van der Waals surface area contributed by atoms with Gasteiger partial charge in [-0.3, -0.25) is 9.88 Å². The van der Waals surface area contributed by atoms with Gasteiger partial charge in [0.25, 0.3) is 0 Å². The van der Waals surface area contributed by atoms with Gasteiger partial charge in [-0.15, -0.1) is 0 Å². The number of likely N-dealkylation sites (tertiary alicyclic amines) is 1. The fourth-order valence-electron chi connectivity index (χ4n) is 3.19. The lowest BCUT2D eigenvalue weighted by Gasteiger charge is -2.29. The number of nitrogens with one attached hydrogen (secondary N) is 1. The van der Waals surface area contributed by atoms with Gasteiger partial charge in [0.2, 0.25) is 0 Å². The van der Waals surface area contributed by atoms with Crippen LogP contribution in [-0.2, 0) is 6.54 Å². The molecule has 3 rings (SSSR count). The second-order valence-corrected chi connectivity index (χ2v) is 5.76. The van der Waals surface area contributed by atoms with Gasteiger partial charge in [0.15, 0.2) is 0 Å². The molecule has 1 atom stereocenters. The Morgan fingerprint density at radius 2 is 2.05 bits per heavy atom. The lowest BCUT2D eigenvalue weighted by Crippen LogP contribution is -2.45. The lowest BCUT2D eigenvalue weighted by molar-refractivity contribution is 0.202. The molecule has 0 amide bonds. The largest absolute Gasteiger partial charge is 0.314 e. The van der Waals surface area contributed by atoms with Gasteiger partial charge in [-0.05, 0) is 31.0 Å². The van der Waals surface area contributed by atoms with Crippen molar-refractivity contribution in [1.29, 1.82) is 0 Å². The van der Waals surface area contributed by atoms with Gasteiger partial charge < -0.3 is 10.2 Å². The minimum atomic E-state index is 0.849. The fourth-order valence-corrected chi connectivity index (χ4v) is 3.19. The molecule has 104 valence electrons. The smallest absolute Gasteiger partial charge is 0.0543 e. The maximum Gasteiger partial charge on any atom is 0.0543 e. The molecule has 2 saturated heterocycles. The van der Waals surface area contributed by atoms with E-state index in [0.29, 0.717) is 0 Å². The Morgan fingerprint density at radius 3 is 2.84 bits per heavy atom. The molecule has 1 aromatic heterocycles. The molecule has 0 aliphatic carbocycles. The highest BCUT2D eigenvalue weighted by Gasteiger charge is 2.25. The van der Waals surface area contributed by atoms with E-state index in [2.05, 4.69) is 32.2 Å². The van der Waals surface area contributed by atoms with Gasteiger partial charge in [0.1, 0.15) is 0 Å². The van der Waals surface area contributed by atoms with Gasteiger partial charge in [0, 0.05) is 52.0 Å². The Bertz CT molecular complexity index is 375. The molecule has 4 heteroatoms. The fraction of sp³-hybridized carbons (Fsp3) is 0.667. The molecule has 2 aliphatic rings. The number of aromatic nitrogens is 1. The van der Waals surface area contributed by atoms with Gasteiger partial charge in [-0.25, -0.2) is 0 Å². The second-order valence-electron chi connectivity index (χ2n) is 5.76. The van der Waals surface area contributed by atoms with E-state index in [0.717, 1.165) is 25.6 Å². The molecule has 19 heavy (non-hydrogen) atoms. The highest BCUT2D eigenvalue weighted by Crippen LogP contribution is 2.19. The van der Waals surface area contributed by atoms with E-state index in [4.69, 9.17) is 0 Å². The van der Waals surface area contributed by atoms with Crippen molar-refractivity contribution in [1.82, 2.24) is 20.1 Å². The standard InChI is InChI=1S/C15H24N4/c1-2-5-17-15(3-1)13-19-8-4-14(12-19)11-18-9-6-16-7-10-18/h1-3,5,14,16H,4,6-13H2. The summed E-state index contributed by atoms with van der Waals surface area (Å²) in [7, 11) is 0. The number of piperazine rings is 1. The molecule has 0 spiro atoms. The van der Waals surface area contributed by atoms with Crippen LogP contribution in [0.15, 0.2) is 24.4 Å². The van der Waals surface area contributed by atoms with Crippen LogP contribution in [0.2, 0.25) is 0 Å². The molecule has 1 unspecified atom stereocenters. The average Bonchev–Trinajstić information content (AvgIpc) is 2.88. The summed E-state index contributed by atoms with van der Waals surface area (Å²) < 4.78 is 0. The number of pyridine rings is 1. The van der Waals surface area contributed by atoms with E-state index in [9.17, 15) is 0 Å². The first-order valence-corrected chi connectivity index (χ1v) is 7.45. The van der Waals surface area contributed by atoms with Crippen molar-refractivity contribution in [2.75, 3.05) is 45.8 Å². The zero-order valence-corrected chi connectivity index (χ0v) is 11.6. The van der Waals surface area contributed by atoms with Crippen LogP contribution in [0.4, 0.5) is 0 Å². The van der Waals surface area contributed by atoms with Crippen molar-refractivity contribution in [2.45, 2.75) is 13.0 Å². The summed E-state index contributed by atoms with van der Waals surface area (Å²) >= 11 is 0. The van der Waals surface area contributed by atoms with Gasteiger partial charge >= 0.3 is 0 Å². The van der Waals surface area contributed by atoms with Gasteiger partial charge in [-0.1, -0.05) is 6.07 Å². The van der Waals surface area contributed by atoms with Crippen LogP contribution in [-0.4, -0.2) is 60.6 Å². The van der Waals surface area contributed by atoms with Crippen molar-refractivity contribution >= 4 is 0 Å². The molecule has 1 aromatic rings. The summed E-state index contributed by atoms with van der Waals surface area (Å²) in [5.41, 5.74) is 1.20. The first kappa shape index (κ1) is 13.0. The molecule has 0 radical (unpaired) electrons. The molecule has 0 saturated carbocycles. The quantitative estimate of drug-likeness (QED) is 0.868. The Labute approximate surface area is 115 Å².